The van der Waals surface area contributed by atoms with E-state index in [1.54, 1.807) is 11.9 Å². The molecule has 1 aromatic carbocycles. The monoisotopic (exact) mass is 260 g/mol. The molecule has 0 aromatic heterocycles. The maximum Gasteiger partial charge on any atom is 0.327 e. The topological polar surface area (TPSA) is 40.6 Å². The van der Waals surface area contributed by atoms with Gasteiger partial charge in [-0.15, -0.1) is 0 Å². The number of nitrogens with zero attached hydrogens (tertiary/aromatic N) is 2. The summed E-state index contributed by atoms with van der Waals surface area (Å²) >= 11 is 0. The van der Waals surface area contributed by atoms with Gasteiger partial charge in [0.25, 0.3) is 0 Å². The van der Waals surface area contributed by atoms with Gasteiger partial charge < -0.3 is 4.90 Å². The zero-order valence-electron chi connectivity index (χ0n) is 11.7. The van der Waals surface area contributed by atoms with Gasteiger partial charge in [0.1, 0.15) is 0 Å². The fourth-order valence-electron chi connectivity index (χ4n) is 2.56. The molecule has 19 heavy (non-hydrogen) atoms. The molecule has 1 aliphatic heterocycles. The lowest BCUT2D eigenvalue weighted by Crippen LogP contribution is -2.36. The Labute approximate surface area is 114 Å². The summed E-state index contributed by atoms with van der Waals surface area (Å²) in [5.41, 5.74) is 1.01. The lowest BCUT2D eigenvalue weighted by atomic mass is 10.00. The van der Waals surface area contributed by atoms with Gasteiger partial charge in [-0.25, -0.2) is 4.79 Å². The van der Waals surface area contributed by atoms with Crippen LogP contribution in [0.15, 0.2) is 30.3 Å². The Kier molecular flexibility index (Phi) is 3.88. The number of rotatable bonds is 3. The van der Waals surface area contributed by atoms with Crippen LogP contribution < -0.4 is 0 Å². The van der Waals surface area contributed by atoms with Gasteiger partial charge in [-0.2, -0.15) is 0 Å². The summed E-state index contributed by atoms with van der Waals surface area (Å²) in [6, 6.07) is 9.38. The van der Waals surface area contributed by atoms with Gasteiger partial charge in [0.2, 0.25) is 5.91 Å². The maximum atomic E-state index is 12.2. The van der Waals surface area contributed by atoms with Crippen molar-refractivity contribution in [3.8, 4) is 0 Å². The SMILES string of the molecule is CCCC(=O)N1C(=O)N(C)[C@H](C)[C@@H]1c1ccccc1. The average Bonchev–Trinajstić information content (AvgIpc) is 2.64. The van der Waals surface area contributed by atoms with Crippen LogP contribution in [0.5, 0.6) is 0 Å². The predicted octanol–water partition coefficient (Wildman–Crippen LogP) is 2.81. The summed E-state index contributed by atoms with van der Waals surface area (Å²) in [6.45, 7) is 3.93. The molecule has 2 rings (SSSR count). The van der Waals surface area contributed by atoms with Crippen LogP contribution in [0.2, 0.25) is 0 Å². The lowest BCUT2D eigenvalue weighted by molar-refractivity contribution is -0.129. The minimum Gasteiger partial charge on any atom is -0.322 e. The van der Waals surface area contributed by atoms with E-state index in [0.717, 1.165) is 12.0 Å². The van der Waals surface area contributed by atoms with Crippen molar-refractivity contribution in [3.05, 3.63) is 35.9 Å². The van der Waals surface area contributed by atoms with Crippen LogP contribution in [-0.4, -0.2) is 34.8 Å². The molecule has 0 aliphatic carbocycles. The normalized spacial score (nSPS) is 23.0. The molecule has 0 radical (unpaired) electrons. The van der Waals surface area contributed by atoms with Crippen molar-refractivity contribution in [1.29, 1.82) is 0 Å². The first kappa shape index (κ1) is 13.6. The minimum absolute atomic E-state index is 0.00398. The molecule has 102 valence electrons. The second-order valence-electron chi connectivity index (χ2n) is 5.00. The van der Waals surface area contributed by atoms with Crippen molar-refractivity contribution in [2.45, 2.75) is 38.8 Å². The maximum absolute atomic E-state index is 12.2. The first-order valence-corrected chi connectivity index (χ1v) is 6.71. The molecule has 1 aromatic rings. The summed E-state index contributed by atoms with van der Waals surface area (Å²) < 4.78 is 0. The fourth-order valence-corrected chi connectivity index (χ4v) is 2.56. The summed E-state index contributed by atoms with van der Waals surface area (Å²) in [5, 5.41) is 0. The summed E-state index contributed by atoms with van der Waals surface area (Å²) in [6.07, 6.45) is 1.16. The smallest absolute Gasteiger partial charge is 0.322 e. The molecular weight excluding hydrogens is 240 g/mol. The van der Waals surface area contributed by atoms with E-state index >= 15 is 0 Å². The zero-order valence-corrected chi connectivity index (χ0v) is 11.7. The Hall–Kier alpha value is -1.84. The van der Waals surface area contributed by atoms with E-state index in [4.69, 9.17) is 0 Å². The van der Waals surface area contributed by atoms with E-state index in [9.17, 15) is 9.59 Å². The van der Waals surface area contributed by atoms with Crippen molar-refractivity contribution >= 4 is 11.9 Å². The van der Waals surface area contributed by atoms with Crippen LogP contribution in [0.25, 0.3) is 0 Å². The van der Waals surface area contributed by atoms with E-state index in [1.807, 2.05) is 44.2 Å². The largest absolute Gasteiger partial charge is 0.327 e. The molecule has 0 N–H and O–H groups in total. The molecule has 4 heteroatoms. The van der Waals surface area contributed by atoms with Crippen molar-refractivity contribution in [2.24, 2.45) is 0 Å². The van der Waals surface area contributed by atoms with Gasteiger partial charge in [-0.3, -0.25) is 9.69 Å². The highest BCUT2D eigenvalue weighted by molar-refractivity contribution is 5.96. The number of amides is 3. The van der Waals surface area contributed by atoms with E-state index in [0.29, 0.717) is 6.42 Å². The van der Waals surface area contributed by atoms with Crippen LogP contribution in [-0.2, 0) is 4.79 Å². The fraction of sp³-hybridized carbons (Fsp3) is 0.467. The van der Waals surface area contributed by atoms with Gasteiger partial charge in [0.15, 0.2) is 0 Å². The van der Waals surface area contributed by atoms with Crippen molar-refractivity contribution in [2.75, 3.05) is 7.05 Å². The Morgan fingerprint density at radius 1 is 1.26 bits per heavy atom. The predicted molar refractivity (Wildman–Crippen MR) is 73.6 cm³/mol. The van der Waals surface area contributed by atoms with E-state index in [2.05, 4.69) is 0 Å². The highest BCUT2D eigenvalue weighted by Crippen LogP contribution is 2.34. The molecule has 0 unspecified atom stereocenters. The zero-order chi connectivity index (χ0) is 14.0. The van der Waals surface area contributed by atoms with Crippen molar-refractivity contribution < 1.29 is 9.59 Å². The van der Waals surface area contributed by atoms with Crippen molar-refractivity contribution in [3.63, 3.8) is 0 Å². The lowest BCUT2D eigenvalue weighted by Gasteiger charge is -2.24. The molecule has 1 aliphatic rings. The van der Waals surface area contributed by atoms with E-state index in [1.165, 1.54) is 4.90 Å². The van der Waals surface area contributed by atoms with Gasteiger partial charge in [0.05, 0.1) is 12.1 Å². The quantitative estimate of drug-likeness (QED) is 0.838. The van der Waals surface area contributed by atoms with Crippen LogP contribution >= 0.6 is 0 Å². The molecule has 4 nitrogen and oxygen atoms in total. The summed E-state index contributed by atoms with van der Waals surface area (Å²) in [4.78, 5) is 27.5. The van der Waals surface area contributed by atoms with Gasteiger partial charge in [0, 0.05) is 13.5 Å². The van der Waals surface area contributed by atoms with Gasteiger partial charge >= 0.3 is 6.03 Å². The third-order valence-electron chi connectivity index (χ3n) is 3.73. The van der Waals surface area contributed by atoms with Crippen molar-refractivity contribution in [1.82, 2.24) is 9.80 Å². The molecule has 0 saturated carbocycles. The van der Waals surface area contributed by atoms with Gasteiger partial charge in [-0.05, 0) is 18.9 Å². The first-order chi connectivity index (χ1) is 9.07. The molecule has 3 amide bonds. The number of benzene rings is 1. The third-order valence-corrected chi connectivity index (χ3v) is 3.73. The third kappa shape index (κ3) is 2.35. The Morgan fingerprint density at radius 3 is 2.47 bits per heavy atom. The first-order valence-electron chi connectivity index (χ1n) is 6.71. The van der Waals surface area contributed by atoms with Crippen LogP contribution in [0, 0.1) is 0 Å². The molecule has 0 spiro atoms. The number of urea groups is 1. The number of likely N-dealkylation sites (N-methyl/N-ethyl adjacent to an activating group) is 1. The Bertz CT molecular complexity index is 472. The Morgan fingerprint density at radius 2 is 1.89 bits per heavy atom. The highest BCUT2D eigenvalue weighted by Gasteiger charge is 2.44. The minimum atomic E-state index is -0.195. The number of hydrogen-bond acceptors (Lipinski definition) is 2. The number of carbonyl (C=O) groups excluding carboxylic acids is 2. The molecule has 1 fully saturated rings. The molecule has 1 saturated heterocycles. The van der Waals surface area contributed by atoms with E-state index < -0.39 is 0 Å². The summed E-state index contributed by atoms with van der Waals surface area (Å²) in [5.74, 6) is -0.0856. The second-order valence-corrected chi connectivity index (χ2v) is 5.00. The molecule has 1 heterocycles. The molecular formula is C15H20N2O2. The average molecular weight is 260 g/mol. The summed E-state index contributed by atoms with van der Waals surface area (Å²) in [7, 11) is 1.75. The molecule has 0 bridgehead atoms. The van der Waals surface area contributed by atoms with Gasteiger partial charge in [-0.1, -0.05) is 37.3 Å². The van der Waals surface area contributed by atoms with E-state index in [-0.39, 0.29) is 24.0 Å². The Balaban J connectivity index is 2.37. The van der Waals surface area contributed by atoms with Crippen LogP contribution in [0.4, 0.5) is 4.79 Å². The highest BCUT2D eigenvalue weighted by atomic mass is 16.2. The second kappa shape index (κ2) is 5.43. The van der Waals surface area contributed by atoms with Crippen LogP contribution in [0.3, 0.4) is 0 Å². The number of carbonyl (C=O) groups is 2. The van der Waals surface area contributed by atoms with Crippen LogP contribution in [0.1, 0.15) is 38.3 Å². The number of hydrogen-bond donors (Lipinski definition) is 0. The standard InChI is InChI=1S/C15H20N2O2/c1-4-8-13(18)17-14(11(2)16(3)15(17)19)12-9-6-5-7-10-12/h5-7,9-11,14H,4,8H2,1-3H3/t11-,14-/m1/s1. The molecule has 2 atom stereocenters. The number of imide groups is 1.